The molecule has 1 heterocycles. The highest BCUT2D eigenvalue weighted by Gasteiger charge is 2.08. The molecule has 1 aromatic rings. The van der Waals surface area contributed by atoms with Crippen molar-refractivity contribution in [3.8, 4) is 0 Å². The van der Waals surface area contributed by atoms with Gasteiger partial charge in [0, 0.05) is 18.3 Å². The lowest BCUT2D eigenvalue weighted by Crippen LogP contribution is -2.27. The van der Waals surface area contributed by atoms with Crippen molar-refractivity contribution in [2.45, 2.75) is 31.9 Å². The molecule has 2 N–H and O–H groups in total. The van der Waals surface area contributed by atoms with Crippen LogP contribution in [-0.4, -0.2) is 40.7 Å². The summed E-state index contributed by atoms with van der Waals surface area (Å²) in [4.78, 5) is 11.8. The van der Waals surface area contributed by atoms with E-state index in [0.29, 0.717) is 23.3 Å². The summed E-state index contributed by atoms with van der Waals surface area (Å²) in [5, 5.41) is 14.4. The molecule has 0 spiro atoms. The van der Waals surface area contributed by atoms with Crippen LogP contribution in [0.4, 0.5) is 5.82 Å². The summed E-state index contributed by atoms with van der Waals surface area (Å²) in [5.41, 5.74) is 0.360. The fraction of sp³-hybridized carbons (Fsp3) is 0.615. The Morgan fingerprint density at radius 1 is 1.37 bits per heavy atom. The Bertz CT molecular complexity index is 383. The van der Waals surface area contributed by atoms with E-state index in [-0.39, 0.29) is 5.91 Å². The molecule has 0 aromatic carbocycles. The van der Waals surface area contributed by atoms with E-state index in [0.717, 1.165) is 19.4 Å². The molecule has 1 atom stereocenters. The summed E-state index contributed by atoms with van der Waals surface area (Å²) >= 11 is 1.79. The second-order valence-corrected chi connectivity index (χ2v) is 5.60. The lowest BCUT2D eigenvalue weighted by atomic mass is 10.3. The zero-order valence-electron chi connectivity index (χ0n) is 11.8. The average Bonchev–Trinajstić information content (AvgIpc) is 2.45. The number of thioether (sulfide) groups is 1. The Labute approximate surface area is 119 Å². The average molecular weight is 282 g/mol. The summed E-state index contributed by atoms with van der Waals surface area (Å²) in [6.45, 7) is 5.74. The first-order valence-electron chi connectivity index (χ1n) is 6.56. The highest BCUT2D eigenvalue weighted by Crippen LogP contribution is 2.08. The molecule has 1 amide bonds. The number of nitrogens with zero attached hydrogens (tertiary/aromatic N) is 2. The minimum absolute atomic E-state index is 0.164. The molecule has 0 radical (unpaired) electrons. The van der Waals surface area contributed by atoms with Crippen molar-refractivity contribution in [2.75, 3.05) is 24.7 Å². The topological polar surface area (TPSA) is 66.9 Å². The Morgan fingerprint density at radius 2 is 2.16 bits per heavy atom. The molecule has 19 heavy (non-hydrogen) atoms. The lowest BCUT2D eigenvalue weighted by molar-refractivity contribution is 0.0947. The van der Waals surface area contributed by atoms with Gasteiger partial charge in [-0.25, -0.2) is 0 Å². The molecular formula is C13H22N4OS. The van der Waals surface area contributed by atoms with Crippen molar-refractivity contribution >= 4 is 23.5 Å². The first-order valence-corrected chi connectivity index (χ1v) is 7.84. The third-order valence-electron chi connectivity index (χ3n) is 2.69. The standard InChI is InChI=1S/C13H22N4OS/c1-4-8-14-12-6-5-11(16-17-12)13(18)15-9-7-10(2)19-3/h5-6,10H,4,7-9H2,1-3H3,(H,14,17)(H,15,18). The summed E-state index contributed by atoms with van der Waals surface area (Å²) in [7, 11) is 0. The summed E-state index contributed by atoms with van der Waals surface area (Å²) in [5.74, 6) is 0.539. The van der Waals surface area contributed by atoms with Crippen LogP contribution in [0.5, 0.6) is 0 Å². The van der Waals surface area contributed by atoms with Crippen LogP contribution in [0.1, 0.15) is 37.2 Å². The normalized spacial score (nSPS) is 11.9. The zero-order chi connectivity index (χ0) is 14.1. The third kappa shape index (κ3) is 5.92. The van der Waals surface area contributed by atoms with E-state index in [4.69, 9.17) is 0 Å². The van der Waals surface area contributed by atoms with Gasteiger partial charge in [0.2, 0.25) is 0 Å². The molecule has 0 aliphatic rings. The highest BCUT2D eigenvalue weighted by atomic mass is 32.2. The van der Waals surface area contributed by atoms with Gasteiger partial charge >= 0.3 is 0 Å². The largest absolute Gasteiger partial charge is 0.369 e. The van der Waals surface area contributed by atoms with E-state index in [1.807, 2.05) is 0 Å². The summed E-state index contributed by atoms with van der Waals surface area (Å²) in [6, 6.07) is 3.47. The van der Waals surface area contributed by atoms with Gasteiger partial charge in [-0.3, -0.25) is 4.79 Å². The number of carbonyl (C=O) groups excluding carboxylic acids is 1. The number of hydrogen-bond donors (Lipinski definition) is 2. The minimum Gasteiger partial charge on any atom is -0.369 e. The molecule has 0 aliphatic carbocycles. The van der Waals surface area contributed by atoms with Crippen LogP contribution in [0.3, 0.4) is 0 Å². The molecule has 1 aromatic heterocycles. The zero-order valence-corrected chi connectivity index (χ0v) is 12.6. The predicted octanol–water partition coefficient (Wildman–Crippen LogP) is 2.17. The first kappa shape index (κ1) is 15.8. The molecular weight excluding hydrogens is 260 g/mol. The summed E-state index contributed by atoms with van der Waals surface area (Å²) < 4.78 is 0. The van der Waals surface area contributed by atoms with Crippen LogP contribution in [0, 0.1) is 0 Å². The molecule has 5 nitrogen and oxygen atoms in total. The number of rotatable bonds is 8. The van der Waals surface area contributed by atoms with Crippen molar-refractivity contribution in [3.63, 3.8) is 0 Å². The molecule has 106 valence electrons. The van der Waals surface area contributed by atoms with Crippen LogP contribution in [0.15, 0.2) is 12.1 Å². The molecule has 0 fully saturated rings. The molecule has 6 heteroatoms. The van der Waals surface area contributed by atoms with E-state index < -0.39 is 0 Å². The number of amides is 1. The van der Waals surface area contributed by atoms with Crippen LogP contribution in [0.2, 0.25) is 0 Å². The van der Waals surface area contributed by atoms with Gasteiger partial charge < -0.3 is 10.6 Å². The van der Waals surface area contributed by atoms with Gasteiger partial charge in [0.15, 0.2) is 5.69 Å². The van der Waals surface area contributed by atoms with E-state index in [1.54, 1.807) is 23.9 Å². The predicted molar refractivity (Wildman–Crippen MR) is 80.7 cm³/mol. The molecule has 1 unspecified atom stereocenters. The Kier molecular flexibility index (Phi) is 7.25. The number of anilines is 1. The van der Waals surface area contributed by atoms with E-state index in [9.17, 15) is 4.79 Å². The highest BCUT2D eigenvalue weighted by molar-refractivity contribution is 7.99. The second kappa shape index (κ2) is 8.74. The maximum Gasteiger partial charge on any atom is 0.271 e. The Morgan fingerprint density at radius 3 is 2.74 bits per heavy atom. The monoisotopic (exact) mass is 282 g/mol. The van der Waals surface area contributed by atoms with Crippen molar-refractivity contribution < 1.29 is 4.79 Å². The van der Waals surface area contributed by atoms with Gasteiger partial charge in [0.05, 0.1) is 0 Å². The fourth-order valence-electron chi connectivity index (χ4n) is 1.40. The smallest absolute Gasteiger partial charge is 0.271 e. The van der Waals surface area contributed by atoms with Gasteiger partial charge in [0.1, 0.15) is 5.82 Å². The van der Waals surface area contributed by atoms with Crippen molar-refractivity contribution in [3.05, 3.63) is 17.8 Å². The van der Waals surface area contributed by atoms with E-state index in [1.165, 1.54) is 0 Å². The molecule has 0 bridgehead atoms. The van der Waals surface area contributed by atoms with Crippen LogP contribution in [-0.2, 0) is 0 Å². The third-order valence-corrected chi connectivity index (χ3v) is 3.73. The maximum absolute atomic E-state index is 11.8. The van der Waals surface area contributed by atoms with Gasteiger partial charge in [0.25, 0.3) is 5.91 Å². The molecule has 0 saturated carbocycles. The number of nitrogens with one attached hydrogen (secondary N) is 2. The number of carbonyl (C=O) groups is 1. The Hall–Kier alpha value is -1.30. The SMILES string of the molecule is CCCNc1ccc(C(=O)NCCC(C)SC)nn1. The van der Waals surface area contributed by atoms with Crippen molar-refractivity contribution in [1.82, 2.24) is 15.5 Å². The molecule has 0 saturated heterocycles. The number of hydrogen-bond acceptors (Lipinski definition) is 5. The van der Waals surface area contributed by atoms with Crippen LogP contribution in [0.25, 0.3) is 0 Å². The Balaban J connectivity index is 2.40. The minimum atomic E-state index is -0.164. The summed E-state index contributed by atoms with van der Waals surface area (Å²) in [6.07, 6.45) is 4.05. The van der Waals surface area contributed by atoms with Gasteiger partial charge in [-0.1, -0.05) is 13.8 Å². The quantitative estimate of drug-likeness (QED) is 0.765. The van der Waals surface area contributed by atoms with Gasteiger partial charge in [-0.2, -0.15) is 11.8 Å². The van der Waals surface area contributed by atoms with Gasteiger partial charge in [-0.15, -0.1) is 10.2 Å². The van der Waals surface area contributed by atoms with Crippen LogP contribution < -0.4 is 10.6 Å². The van der Waals surface area contributed by atoms with Crippen molar-refractivity contribution in [1.29, 1.82) is 0 Å². The fourth-order valence-corrected chi connectivity index (χ4v) is 1.75. The lowest BCUT2D eigenvalue weighted by Gasteiger charge is -2.09. The van der Waals surface area contributed by atoms with Gasteiger partial charge in [-0.05, 0) is 31.2 Å². The molecule has 0 aliphatic heterocycles. The maximum atomic E-state index is 11.8. The molecule has 1 rings (SSSR count). The van der Waals surface area contributed by atoms with Crippen molar-refractivity contribution in [2.24, 2.45) is 0 Å². The number of aromatic nitrogens is 2. The van der Waals surface area contributed by atoms with Crippen LogP contribution >= 0.6 is 11.8 Å². The first-order chi connectivity index (χ1) is 9.17. The van der Waals surface area contributed by atoms with E-state index >= 15 is 0 Å². The van der Waals surface area contributed by atoms with E-state index in [2.05, 4.69) is 40.9 Å². The second-order valence-electron chi connectivity index (χ2n) is 4.32.